The molecule has 128 valence electrons. The smallest absolute Gasteiger partial charge is 0.308 e. The van der Waals surface area contributed by atoms with Gasteiger partial charge in [-0.15, -0.1) is 0 Å². The minimum atomic E-state index is -3.72. The Hall–Kier alpha value is -2.52. The van der Waals surface area contributed by atoms with Crippen molar-refractivity contribution in [3.63, 3.8) is 0 Å². The summed E-state index contributed by atoms with van der Waals surface area (Å²) in [5.41, 5.74) is 0.357. The second kappa shape index (κ2) is 6.93. The van der Waals surface area contributed by atoms with Gasteiger partial charge in [0.15, 0.2) is 0 Å². The zero-order chi connectivity index (χ0) is 17.9. The van der Waals surface area contributed by atoms with E-state index in [9.17, 15) is 18.0 Å². The summed E-state index contributed by atoms with van der Waals surface area (Å²) in [4.78, 5) is 28.9. The summed E-state index contributed by atoms with van der Waals surface area (Å²) in [6, 6.07) is 6.41. The summed E-state index contributed by atoms with van der Waals surface area (Å²) >= 11 is 0. The maximum Gasteiger partial charge on any atom is 0.308 e. The molecule has 0 bridgehead atoms. The Kier molecular flexibility index (Phi) is 5.15. The van der Waals surface area contributed by atoms with Crippen molar-refractivity contribution in [1.82, 2.24) is 14.3 Å². The lowest BCUT2D eigenvalue weighted by atomic mass is 10.2. The van der Waals surface area contributed by atoms with Gasteiger partial charge in [-0.05, 0) is 19.1 Å². The van der Waals surface area contributed by atoms with Crippen molar-refractivity contribution in [2.24, 2.45) is 0 Å². The van der Waals surface area contributed by atoms with Gasteiger partial charge >= 0.3 is 5.97 Å². The molecule has 0 aliphatic carbocycles. The van der Waals surface area contributed by atoms with Crippen LogP contribution in [0.25, 0.3) is 0 Å². The molecule has 0 unspecified atom stereocenters. The number of carboxylic acid groups (broad SMARTS) is 1. The molecule has 1 aromatic carbocycles. The van der Waals surface area contributed by atoms with Crippen molar-refractivity contribution in [2.45, 2.75) is 24.8 Å². The van der Waals surface area contributed by atoms with Gasteiger partial charge in [0.05, 0.1) is 17.9 Å². The lowest BCUT2D eigenvalue weighted by Crippen LogP contribution is -2.29. The second-order valence-corrected chi connectivity index (χ2v) is 7.37. The Morgan fingerprint density at radius 1 is 1.29 bits per heavy atom. The molecular weight excluding hydrogens is 334 g/mol. The van der Waals surface area contributed by atoms with E-state index in [1.54, 1.807) is 12.1 Å². The van der Waals surface area contributed by atoms with Crippen LogP contribution in [0.3, 0.4) is 0 Å². The van der Waals surface area contributed by atoms with Crippen molar-refractivity contribution >= 4 is 16.0 Å². The predicted octanol–water partition coefficient (Wildman–Crippen LogP) is 0.526. The fourth-order valence-corrected chi connectivity index (χ4v) is 3.15. The normalized spacial score (nSPS) is 11.6. The summed E-state index contributed by atoms with van der Waals surface area (Å²) in [7, 11) is -2.34. The molecule has 24 heavy (non-hydrogen) atoms. The van der Waals surface area contributed by atoms with E-state index >= 15 is 0 Å². The van der Waals surface area contributed by atoms with E-state index in [1.165, 1.54) is 19.2 Å². The van der Waals surface area contributed by atoms with Crippen LogP contribution in [0, 0.1) is 6.92 Å². The van der Waals surface area contributed by atoms with E-state index in [0.29, 0.717) is 0 Å². The summed E-state index contributed by atoms with van der Waals surface area (Å²) in [6.07, 6.45) is 0.703. The number of rotatable bonds is 6. The number of sulfonamides is 1. The Morgan fingerprint density at radius 3 is 2.46 bits per heavy atom. The number of H-pyrrole nitrogens is 1. The van der Waals surface area contributed by atoms with Crippen LogP contribution in [0.4, 0.5) is 0 Å². The van der Waals surface area contributed by atoms with Gasteiger partial charge < -0.3 is 10.1 Å². The fourth-order valence-electron chi connectivity index (χ4n) is 2.01. The van der Waals surface area contributed by atoms with Gasteiger partial charge in [0.1, 0.15) is 5.82 Å². The third kappa shape index (κ3) is 4.06. The number of aliphatic carboxylic acids is 1. The largest absolute Gasteiger partial charge is 0.481 e. The van der Waals surface area contributed by atoms with Gasteiger partial charge in [-0.25, -0.2) is 13.4 Å². The molecule has 0 radical (unpaired) electrons. The first-order valence-electron chi connectivity index (χ1n) is 7.02. The van der Waals surface area contributed by atoms with E-state index < -0.39 is 28.0 Å². The van der Waals surface area contributed by atoms with Gasteiger partial charge in [-0.1, -0.05) is 17.7 Å². The molecule has 1 heterocycles. The number of aromatic nitrogens is 2. The Labute approximate surface area is 138 Å². The van der Waals surface area contributed by atoms with Crippen LogP contribution in [0.2, 0.25) is 0 Å². The molecule has 0 atom stereocenters. The van der Waals surface area contributed by atoms with E-state index in [2.05, 4.69) is 9.97 Å². The van der Waals surface area contributed by atoms with Gasteiger partial charge in [0.2, 0.25) is 10.0 Å². The number of carbonyl (C=O) groups is 1. The minimum absolute atomic E-state index is 0.00953. The van der Waals surface area contributed by atoms with Crippen LogP contribution in [-0.2, 0) is 27.8 Å². The molecule has 2 rings (SSSR count). The van der Waals surface area contributed by atoms with E-state index in [1.807, 2.05) is 6.92 Å². The molecule has 0 saturated carbocycles. The van der Waals surface area contributed by atoms with Crippen molar-refractivity contribution in [1.29, 1.82) is 0 Å². The highest BCUT2D eigenvalue weighted by Crippen LogP contribution is 2.16. The molecule has 2 aromatic rings. The molecule has 0 aliphatic rings. The van der Waals surface area contributed by atoms with Crippen molar-refractivity contribution in [3.8, 4) is 0 Å². The number of hydrogen-bond acceptors (Lipinski definition) is 5. The highest BCUT2D eigenvalue weighted by Gasteiger charge is 2.21. The molecule has 1 aromatic heterocycles. The van der Waals surface area contributed by atoms with Crippen molar-refractivity contribution in [2.75, 3.05) is 7.05 Å². The van der Waals surface area contributed by atoms with E-state index in [-0.39, 0.29) is 22.8 Å². The van der Waals surface area contributed by atoms with Crippen LogP contribution in [0.15, 0.2) is 40.2 Å². The average Bonchev–Trinajstić information content (AvgIpc) is 2.50. The van der Waals surface area contributed by atoms with Gasteiger partial charge in [-0.3, -0.25) is 9.59 Å². The van der Waals surface area contributed by atoms with E-state index in [0.717, 1.165) is 16.1 Å². The number of nitrogens with zero attached hydrogens (tertiary/aromatic N) is 2. The first kappa shape index (κ1) is 17.8. The molecular formula is C15H17N3O5S. The quantitative estimate of drug-likeness (QED) is 0.783. The topological polar surface area (TPSA) is 120 Å². The van der Waals surface area contributed by atoms with Crippen LogP contribution in [0.1, 0.15) is 17.0 Å². The van der Waals surface area contributed by atoms with E-state index in [4.69, 9.17) is 5.11 Å². The Balaban J connectivity index is 2.21. The number of carboxylic acids is 1. The lowest BCUT2D eigenvalue weighted by Gasteiger charge is -2.16. The fraction of sp³-hybridized carbons (Fsp3) is 0.267. The van der Waals surface area contributed by atoms with Gasteiger partial charge in [0.25, 0.3) is 5.56 Å². The Morgan fingerprint density at radius 2 is 1.92 bits per heavy atom. The molecule has 0 amide bonds. The first-order chi connectivity index (χ1) is 11.2. The van der Waals surface area contributed by atoms with Crippen molar-refractivity contribution in [3.05, 3.63) is 57.8 Å². The van der Waals surface area contributed by atoms with Crippen molar-refractivity contribution < 1.29 is 18.3 Å². The molecule has 8 nitrogen and oxygen atoms in total. The number of aromatic amines is 1. The third-order valence-corrected chi connectivity index (χ3v) is 5.19. The number of hydrogen-bond donors (Lipinski definition) is 2. The molecule has 0 fully saturated rings. The van der Waals surface area contributed by atoms with Gasteiger partial charge in [-0.2, -0.15) is 4.31 Å². The average molecular weight is 351 g/mol. The highest BCUT2D eigenvalue weighted by molar-refractivity contribution is 7.89. The summed E-state index contributed by atoms with van der Waals surface area (Å²) < 4.78 is 26.0. The number of benzene rings is 1. The summed E-state index contributed by atoms with van der Waals surface area (Å²) in [6.45, 7) is 1.71. The molecule has 0 aliphatic heterocycles. The Bertz CT molecular complexity index is 903. The zero-order valence-corrected chi connectivity index (χ0v) is 14.0. The van der Waals surface area contributed by atoms with Crippen LogP contribution in [-0.4, -0.2) is 40.8 Å². The maximum absolute atomic E-state index is 12.5. The van der Waals surface area contributed by atoms with Crippen LogP contribution < -0.4 is 5.56 Å². The molecule has 9 heteroatoms. The standard InChI is InChI=1S/C15H17N3O5S/c1-10-3-5-12(6-4-10)24(22,23)18(2)9-13-16-8-11(7-14(19)20)15(21)17-13/h3-6,8H,7,9H2,1-2H3,(H,19,20)(H,16,17,21). The third-order valence-electron chi connectivity index (χ3n) is 3.37. The first-order valence-corrected chi connectivity index (χ1v) is 8.46. The maximum atomic E-state index is 12.5. The lowest BCUT2D eigenvalue weighted by molar-refractivity contribution is -0.136. The van der Waals surface area contributed by atoms with Crippen LogP contribution >= 0.6 is 0 Å². The van der Waals surface area contributed by atoms with Crippen LogP contribution in [0.5, 0.6) is 0 Å². The van der Waals surface area contributed by atoms with Gasteiger partial charge in [0, 0.05) is 18.8 Å². The number of nitrogens with one attached hydrogen (secondary N) is 1. The highest BCUT2D eigenvalue weighted by atomic mass is 32.2. The SMILES string of the molecule is Cc1ccc(S(=O)(=O)N(C)Cc2ncc(CC(=O)O)c(=O)[nH]2)cc1. The molecule has 0 saturated heterocycles. The second-order valence-electron chi connectivity index (χ2n) is 5.33. The monoisotopic (exact) mass is 351 g/mol. The molecule has 2 N–H and O–H groups in total. The number of aryl methyl sites for hydroxylation is 1. The zero-order valence-electron chi connectivity index (χ0n) is 13.2. The predicted molar refractivity (Wildman–Crippen MR) is 86.0 cm³/mol. The summed E-state index contributed by atoms with van der Waals surface area (Å²) in [5.74, 6) is -1.01. The minimum Gasteiger partial charge on any atom is -0.481 e. The summed E-state index contributed by atoms with van der Waals surface area (Å²) in [5, 5.41) is 8.69. The molecule has 0 spiro atoms.